The number of carbonyl (C=O) groups excluding carboxylic acids is 1. The van der Waals surface area contributed by atoms with Crippen LogP contribution in [0.2, 0.25) is 0 Å². The fourth-order valence-corrected chi connectivity index (χ4v) is 2.86. The van der Waals surface area contributed by atoms with Crippen LogP contribution < -0.4 is 5.32 Å². The molecule has 3 aromatic rings. The van der Waals surface area contributed by atoms with Crippen LogP contribution in [0.3, 0.4) is 0 Å². The third-order valence-corrected chi connectivity index (χ3v) is 4.14. The van der Waals surface area contributed by atoms with Crippen LogP contribution in [0.15, 0.2) is 54.9 Å². The number of rotatable bonds is 5. The van der Waals surface area contributed by atoms with E-state index >= 15 is 0 Å². The number of amides is 1. The lowest BCUT2D eigenvalue weighted by molar-refractivity contribution is -0.144. The lowest BCUT2D eigenvalue weighted by atomic mass is 10.1. The molecule has 0 radical (unpaired) electrons. The molecule has 0 saturated carbocycles. The number of hydrogen-bond acceptors (Lipinski definition) is 2. The maximum Gasteiger partial charge on any atom is 0.433 e. The Morgan fingerprint density at radius 1 is 1.19 bits per heavy atom. The first-order valence-electron chi connectivity index (χ1n) is 8.38. The van der Waals surface area contributed by atoms with Gasteiger partial charge >= 0.3 is 6.18 Å². The van der Waals surface area contributed by atoms with Crippen molar-refractivity contribution in [3.63, 3.8) is 0 Å². The molecule has 1 N–H and O–H groups in total. The van der Waals surface area contributed by atoms with Gasteiger partial charge in [-0.3, -0.25) is 9.48 Å². The van der Waals surface area contributed by atoms with Gasteiger partial charge in [-0.25, -0.2) is 0 Å². The second kappa shape index (κ2) is 7.30. The molecule has 1 amide bonds. The molecule has 1 atom stereocenters. The van der Waals surface area contributed by atoms with E-state index in [9.17, 15) is 18.0 Å². The molecule has 142 valence electrons. The Morgan fingerprint density at radius 2 is 1.89 bits per heavy atom. The predicted octanol–water partition coefficient (Wildman–Crippen LogP) is 3.88. The number of aryl methyl sites for hydroxylation is 1. The Morgan fingerprint density at radius 3 is 2.56 bits per heavy atom. The van der Waals surface area contributed by atoms with E-state index < -0.39 is 24.3 Å². The van der Waals surface area contributed by atoms with E-state index in [0.717, 1.165) is 17.3 Å². The van der Waals surface area contributed by atoms with Crippen LogP contribution in [-0.2, 0) is 17.5 Å². The molecule has 0 spiro atoms. The summed E-state index contributed by atoms with van der Waals surface area (Å²) in [4.78, 5) is 12.3. The maximum atomic E-state index is 13.0. The van der Waals surface area contributed by atoms with Crippen molar-refractivity contribution < 1.29 is 18.0 Å². The Kier molecular flexibility index (Phi) is 5.07. The Balaban J connectivity index is 1.71. The molecule has 3 rings (SSSR count). The predicted molar refractivity (Wildman–Crippen MR) is 94.3 cm³/mol. The van der Waals surface area contributed by atoms with Gasteiger partial charge in [0.1, 0.15) is 12.2 Å². The quantitative estimate of drug-likeness (QED) is 0.735. The zero-order valence-corrected chi connectivity index (χ0v) is 14.9. The average molecular weight is 376 g/mol. The smallest absolute Gasteiger partial charge is 0.348 e. The van der Waals surface area contributed by atoms with Crippen molar-refractivity contribution in [2.45, 2.75) is 32.6 Å². The molecule has 0 saturated heterocycles. The summed E-state index contributed by atoms with van der Waals surface area (Å²) in [5.41, 5.74) is 1.06. The normalized spacial score (nSPS) is 12.8. The van der Waals surface area contributed by atoms with Crippen LogP contribution >= 0.6 is 0 Å². The van der Waals surface area contributed by atoms with Crippen LogP contribution in [0.5, 0.6) is 0 Å². The molecular weight excluding hydrogens is 357 g/mol. The van der Waals surface area contributed by atoms with E-state index in [1.807, 2.05) is 53.4 Å². The van der Waals surface area contributed by atoms with E-state index in [1.54, 1.807) is 6.92 Å². The molecule has 27 heavy (non-hydrogen) atoms. The molecule has 0 bridgehead atoms. The third-order valence-electron chi connectivity index (χ3n) is 4.14. The zero-order valence-electron chi connectivity index (χ0n) is 14.9. The van der Waals surface area contributed by atoms with Crippen molar-refractivity contribution in [3.05, 3.63) is 71.8 Å². The first-order valence-corrected chi connectivity index (χ1v) is 8.38. The number of aromatic nitrogens is 3. The second-order valence-corrected chi connectivity index (χ2v) is 6.30. The number of nitrogens with zero attached hydrogens (tertiary/aromatic N) is 3. The van der Waals surface area contributed by atoms with Gasteiger partial charge < -0.3 is 9.88 Å². The number of carbonyl (C=O) groups is 1. The standard InChI is InChI=1S/C19H19F3N4O/c1-13-10-17(19(20,21)22)26(24-13)12-18(27)23-14(2)15-6-5-7-16(11-15)25-8-3-4-9-25/h3-11,14H,12H2,1-2H3,(H,23,27). The van der Waals surface area contributed by atoms with Crippen LogP contribution in [-0.4, -0.2) is 20.3 Å². The van der Waals surface area contributed by atoms with Crippen molar-refractivity contribution in [1.29, 1.82) is 0 Å². The van der Waals surface area contributed by atoms with Gasteiger partial charge in [0.2, 0.25) is 5.91 Å². The van der Waals surface area contributed by atoms with Crippen molar-refractivity contribution in [1.82, 2.24) is 19.7 Å². The van der Waals surface area contributed by atoms with Gasteiger partial charge in [-0.1, -0.05) is 12.1 Å². The third kappa shape index (κ3) is 4.39. The SMILES string of the molecule is Cc1cc(C(F)(F)F)n(CC(=O)NC(C)c2cccc(-n3cccc3)c2)n1. The number of nitrogens with one attached hydrogen (secondary N) is 1. The van der Waals surface area contributed by atoms with Crippen molar-refractivity contribution >= 4 is 5.91 Å². The first kappa shape index (κ1) is 18.8. The fourth-order valence-electron chi connectivity index (χ4n) is 2.86. The highest BCUT2D eigenvalue weighted by Gasteiger charge is 2.35. The Hall–Kier alpha value is -3.03. The van der Waals surface area contributed by atoms with E-state index in [1.165, 1.54) is 6.92 Å². The molecule has 0 fully saturated rings. The molecule has 2 aromatic heterocycles. The van der Waals surface area contributed by atoms with Crippen molar-refractivity contribution in [2.24, 2.45) is 0 Å². The summed E-state index contributed by atoms with van der Waals surface area (Å²) in [6.45, 7) is 2.75. The molecule has 1 unspecified atom stereocenters. The Bertz CT molecular complexity index is 929. The van der Waals surface area contributed by atoms with E-state index in [-0.39, 0.29) is 11.7 Å². The minimum Gasteiger partial charge on any atom is -0.348 e. The highest BCUT2D eigenvalue weighted by molar-refractivity contribution is 5.76. The van der Waals surface area contributed by atoms with Gasteiger partial charge in [-0.2, -0.15) is 18.3 Å². The van der Waals surface area contributed by atoms with Crippen LogP contribution in [0.1, 0.15) is 29.9 Å². The average Bonchev–Trinajstić information content (AvgIpc) is 3.24. The van der Waals surface area contributed by atoms with Crippen LogP contribution in [0.4, 0.5) is 13.2 Å². The van der Waals surface area contributed by atoms with E-state index in [0.29, 0.717) is 4.68 Å². The van der Waals surface area contributed by atoms with Gasteiger partial charge in [0, 0.05) is 18.1 Å². The molecule has 2 heterocycles. The molecular formula is C19H19F3N4O. The summed E-state index contributed by atoms with van der Waals surface area (Å²) < 4.78 is 41.7. The van der Waals surface area contributed by atoms with Crippen molar-refractivity contribution in [3.8, 4) is 5.69 Å². The largest absolute Gasteiger partial charge is 0.433 e. The fraction of sp³-hybridized carbons (Fsp3) is 0.263. The van der Waals surface area contributed by atoms with Crippen molar-refractivity contribution in [2.75, 3.05) is 0 Å². The van der Waals surface area contributed by atoms with E-state index in [2.05, 4.69) is 10.4 Å². The topological polar surface area (TPSA) is 51.9 Å². The van der Waals surface area contributed by atoms with Crippen LogP contribution in [0.25, 0.3) is 5.69 Å². The molecule has 1 aromatic carbocycles. The van der Waals surface area contributed by atoms with Gasteiger partial charge in [0.25, 0.3) is 0 Å². The van der Waals surface area contributed by atoms with E-state index in [4.69, 9.17) is 0 Å². The number of benzene rings is 1. The number of halogens is 3. The summed E-state index contributed by atoms with van der Waals surface area (Å²) in [6.07, 6.45) is -0.750. The minimum absolute atomic E-state index is 0.211. The summed E-state index contributed by atoms with van der Waals surface area (Å²) >= 11 is 0. The highest BCUT2D eigenvalue weighted by atomic mass is 19.4. The molecule has 0 aliphatic heterocycles. The maximum absolute atomic E-state index is 13.0. The summed E-state index contributed by atoms with van der Waals surface area (Å²) in [7, 11) is 0. The van der Waals surface area contributed by atoms with Gasteiger partial charge in [0.05, 0.1) is 11.7 Å². The second-order valence-electron chi connectivity index (χ2n) is 6.30. The van der Waals surface area contributed by atoms with Gasteiger partial charge in [-0.15, -0.1) is 0 Å². The lowest BCUT2D eigenvalue weighted by Crippen LogP contribution is -2.31. The van der Waals surface area contributed by atoms with Crippen LogP contribution in [0, 0.1) is 6.92 Å². The van der Waals surface area contributed by atoms with Gasteiger partial charge in [0.15, 0.2) is 0 Å². The van der Waals surface area contributed by atoms with Gasteiger partial charge in [-0.05, 0) is 49.7 Å². The molecule has 0 aliphatic rings. The zero-order chi connectivity index (χ0) is 19.6. The Labute approximate surface area is 154 Å². The summed E-state index contributed by atoms with van der Waals surface area (Å²) in [5, 5.41) is 6.51. The number of alkyl halides is 3. The molecule has 0 aliphatic carbocycles. The summed E-state index contributed by atoms with van der Waals surface area (Å²) in [6, 6.07) is 12.0. The molecule has 5 nitrogen and oxygen atoms in total. The lowest BCUT2D eigenvalue weighted by Gasteiger charge is -2.17. The molecule has 8 heteroatoms. The first-order chi connectivity index (χ1) is 12.7. The monoisotopic (exact) mass is 376 g/mol. The minimum atomic E-state index is -4.56. The number of hydrogen-bond donors (Lipinski definition) is 1. The summed E-state index contributed by atoms with van der Waals surface area (Å²) in [5.74, 6) is -0.539. The highest BCUT2D eigenvalue weighted by Crippen LogP contribution is 2.29.